The maximum Gasteiger partial charge on any atom is 0.248 e. The van der Waals surface area contributed by atoms with Gasteiger partial charge in [0.25, 0.3) is 0 Å². The number of fused-ring (bicyclic) bond motifs is 1. The Bertz CT molecular complexity index is 1180. The highest BCUT2D eigenvalue weighted by Gasteiger charge is 2.45. The SMILES string of the molecule is N#Cc1ccc(CCNCC2CNc3cc(-c4cnn(CC5CC(F)(F)C5)c4)cnc3O2)cc1. The summed E-state index contributed by atoms with van der Waals surface area (Å²) in [6, 6.07) is 11.7. The van der Waals surface area contributed by atoms with E-state index in [2.05, 4.69) is 26.8 Å². The molecule has 1 saturated carbocycles. The molecule has 0 bridgehead atoms. The van der Waals surface area contributed by atoms with Gasteiger partial charge in [0.2, 0.25) is 11.8 Å². The molecule has 0 radical (unpaired) electrons. The van der Waals surface area contributed by atoms with E-state index >= 15 is 0 Å². The molecule has 2 N–H and O–H groups in total. The number of nitriles is 1. The summed E-state index contributed by atoms with van der Waals surface area (Å²) >= 11 is 0. The van der Waals surface area contributed by atoms with Gasteiger partial charge in [0.05, 0.1) is 30.1 Å². The first-order valence-electron chi connectivity index (χ1n) is 11.5. The molecular weight excluding hydrogens is 438 g/mol. The molecule has 0 amide bonds. The van der Waals surface area contributed by atoms with Gasteiger partial charge in [-0.15, -0.1) is 0 Å². The summed E-state index contributed by atoms with van der Waals surface area (Å²) in [5.41, 5.74) is 4.48. The average molecular weight is 465 g/mol. The zero-order chi connectivity index (χ0) is 23.5. The molecule has 7 nitrogen and oxygen atoms in total. The van der Waals surface area contributed by atoms with Crippen LogP contribution < -0.4 is 15.4 Å². The molecule has 1 aliphatic heterocycles. The highest BCUT2D eigenvalue weighted by atomic mass is 19.3. The number of hydrogen-bond donors (Lipinski definition) is 2. The first-order valence-corrected chi connectivity index (χ1v) is 11.5. The van der Waals surface area contributed by atoms with Gasteiger partial charge < -0.3 is 15.4 Å². The molecule has 0 spiro atoms. The molecule has 1 unspecified atom stereocenters. The van der Waals surface area contributed by atoms with E-state index in [1.807, 2.05) is 36.5 Å². The van der Waals surface area contributed by atoms with Crippen LogP contribution in [0.2, 0.25) is 0 Å². The molecule has 3 aromatic rings. The van der Waals surface area contributed by atoms with Gasteiger partial charge in [-0.2, -0.15) is 10.4 Å². The molecular formula is C25H26F2N6O. The molecule has 176 valence electrons. The number of alkyl halides is 2. The zero-order valence-electron chi connectivity index (χ0n) is 18.7. The summed E-state index contributed by atoms with van der Waals surface area (Å²) in [6.07, 6.45) is 6.09. The Hall–Kier alpha value is -3.51. The number of nitrogens with one attached hydrogen (secondary N) is 2. The van der Waals surface area contributed by atoms with Crippen LogP contribution in [0.4, 0.5) is 14.5 Å². The van der Waals surface area contributed by atoms with Gasteiger partial charge in [0.1, 0.15) is 6.10 Å². The van der Waals surface area contributed by atoms with E-state index in [-0.39, 0.29) is 24.9 Å². The summed E-state index contributed by atoms with van der Waals surface area (Å²) in [7, 11) is 0. The highest BCUT2D eigenvalue weighted by molar-refractivity contribution is 5.69. The maximum atomic E-state index is 13.1. The lowest BCUT2D eigenvalue weighted by atomic mass is 9.81. The van der Waals surface area contributed by atoms with E-state index < -0.39 is 5.92 Å². The van der Waals surface area contributed by atoms with E-state index in [9.17, 15) is 8.78 Å². The Morgan fingerprint density at radius 1 is 1.21 bits per heavy atom. The van der Waals surface area contributed by atoms with Crippen LogP contribution in [-0.2, 0) is 13.0 Å². The summed E-state index contributed by atoms with van der Waals surface area (Å²) < 4.78 is 33.9. The van der Waals surface area contributed by atoms with Crippen molar-refractivity contribution in [2.75, 3.05) is 25.0 Å². The van der Waals surface area contributed by atoms with Gasteiger partial charge in [-0.1, -0.05) is 12.1 Å². The second kappa shape index (κ2) is 9.39. The first kappa shape index (κ1) is 22.3. The van der Waals surface area contributed by atoms with Crippen LogP contribution in [0.5, 0.6) is 5.88 Å². The minimum absolute atomic E-state index is 0.0193. The van der Waals surface area contributed by atoms with Gasteiger partial charge in [-0.3, -0.25) is 4.68 Å². The monoisotopic (exact) mass is 464 g/mol. The van der Waals surface area contributed by atoms with E-state index in [0.29, 0.717) is 31.1 Å². The quantitative estimate of drug-likeness (QED) is 0.492. The molecule has 9 heteroatoms. The number of benzene rings is 1. The third-order valence-electron chi connectivity index (χ3n) is 6.28. The number of nitrogens with zero attached hydrogens (tertiary/aromatic N) is 4. The highest BCUT2D eigenvalue weighted by Crippen LogP contribution is 2.43. The second-order valence-corrected chi connectivity index (χ2v) is 9.04. The standard InChI is InChI=1S/C25H26F2N6O/c26-25(27)8-19(9-25)15-33-16-21(12-32-33)20-7-23-24(31-11-20)34-22(14-30-23)13-29-6-5-17-1-3-18(10-28)4-2-17/h1-4,7,11-12,16,19,22,29-30H,5-6,8-9,13-15H2. The summed E-state index contributed by atoms with van der Waals surface area (Å²) in [5, 5.41) is 20.0. The van der Waals surface area contributed by atoms with Gasteiger partial charge in [-0.05, 0) is 42.6 Å². The third kappa shape index (κ3) is 5.18. The normalized spacial score (nSPS) is 18.8. The van der Waals surface area contributed by atoms with Crippen molar-refractivity contribution in [3.63, 3.8) is 0 Å². The number of rotatable bonds is 8. The number of anilines is 1. The fourth-order valence-electron chi connectivity index (χ4n) is 4.40. The van der Waals surface area contributed by atoms with Crippen LogP contribution in [0.3, 0.4) is 0 Å². The molecule has 1 fully saturated rings. The topological polar surface area (TPSA) is 87.8 Å². The van der Waals surface area contributed by atoms with E-state index in [4.69, 9.17) is 10.00 Å². The Kier molecular flexibility index (Phi) is 6.16. The van der Waals surface area contributed by atoms with Crippen molar-refractivity contribution in [1.82, 2.24) is 20.1 Å². The number of halogens is 2. The number of pyridine rings is 1. The van der Waals surface area contributed by atoms with Crippen molar-refractivity contribution in [2.24, 2.45) is 5.92 Å². The lowest BCUT2D eigenvalue weighted by Gasteiger charge is -2.34. The van der Waals surface area contributed by atoms with E-state index in [0.717, 1.165) is 29.8 Å². The lowest BCUT2D eigenvalue weighted by Crippen LogP contribution is -2.40. The summed E-state index contributed by atoms with van der Waals surface area (Å²) in [6.45, 7) is 2.68. The maximum absolute atomic E-state index is 13.1. The predicted octanol–water partition coefficient (Wildman–Crippen LogP) is 3.87. The molecule has 34 heavy (non-hydrogen) atoms. The van der Waals surface area contributed by atoms with Crippen molar-refractivity contribution >= 4 is 5.69 Å². The molecule has 2 aromatic heterocycles. The summed E-state index contributed by atoms with van der Waals surface area (Å²) in [5.74, 6) is -1.96. The van der Waals surface area contributed by atoms with Gasteiger partial charge in [-0.25, -0.2) is 13.8 Å². The minimum atomic E-state index is -2.51. The Balaban J connectivity index is 1.10. The zero-order valence-corrected chi connectivity index (χ0v) is 18.7. The average Bonchev–Trinajstić information content (AvgIpc) is 3.29. The van der Waals surface area contributed by atoms with Crippen molar-refractivity contribution in [3.8, 4) is 23.1 Å². The molecule has 5 rings (SSSR count). The second-order valence-electron chi connectivity index (χ2n) is 9.04. The van der Waals surface area contributed by atoms with Crippen LogP contribution in [0.1, 0.15) is 24.0 Å². The summed E-state index contributed by atoms with van der Waals surface area (Å²) in [4.78, 5) is 4.48. The van der Waals surface area contributed by atoms with Crippen LogP contribution in [0, 0.1) is 17.2 Å². The number of hydrogen-bond acceptors (Lipinski definition) is 6. The Morgan fingerprint density at radius 3 is 2.79 bits per heavy atom. The van der Waals surface area contributed by atoms with Crippen LogP contribution in [0.15, 0.2) is 48.9 Å². The first-order chi connectivity index (χ1) is 16.5. The van der Waals surface area contributed by atoms with Crippen LogP contribution in [-0.4, -0.2) is 46.4 Å². The lowest BCUT2D eigenvalue weighted by molar-refractivity contribution is -0.114. The third-order valence-corrected chi connectivity index (χ3v) is 6.28. The smallest absolute Gasteiger partial charge is 0.248 e. The predicted molar refractivity (Wildman–Crippen MR) is 124 cm³/mol. The number of ether oxygens (including phenoxy) is 1. The van der Waals surface area contributed by atoms with Crippen LogP contribution in [0.25, 0.3) is 11.1 Å². The fourth-order valence-corrected chi connectivity index (χ4v) is 4.40. The molecule has 0 saturated heterocycles. The minimum Gasteiger partial charge on any atom is -0.470 e. The van der Waals surface area contributed by atoms with E-state index in [1.54, 1.807) is 17.1 Å². The molecule has 3 heterocycles. The van der Waals surface area contributed by atoms with E-state index in [1.165, 1.54) is 5.56 Å². The number of aromatic nitrogens is 3. The van der Waals surface area contributed by atoms with Gasteiger partial charge in [0.15, 0.2) is 0 Å². The molecule has 1 atom stereocenters. The van der Waals surface area contributed by atoms with Gasteiger partial charge >= 0.3 is 0 Å². The van der Waals surface area contributed by atoms with Crippen molar-refractivity contribution in [2.45, 2.75) is 37.8 Å². The fraction of sp³-hybridized carbons (Fsp3) is 0.400. The molecule has 2 aliphatic rings. The van der Waals surface area contributed by atoms with Crippen molar-refractivity contribution in [3.05, 3.63) is 60.0 Å². The molecule has 1 aromatic carbocycles. The van der Waals surface area contributed by atoms with Gasteiger partial charge in [0, 0.05) is 49.5 Å². The van der Waals surface area contributed by atoms with Crippen LogP contribution >= 0.6 is 0 Å². The van der Waals surface area contributed by atoms with Crippen molar-refractivity contribution in [1.29, 1.82) is 5.26 Å². The van der Waals surface area contributed by atoms with Crippen molar-refractivity contribution < 1.29 is 13.5 Å². The largest absolute Gasteiger partial charge is 0.470 e. The Labute approximate surface area is 196 Å². The Morgan fingerprint density at radius 2 is 2.03 bits per heavy atom. The molecule has 1 aliphatic carbocycles.